The van der Waals surface area contributed by atoms with Gasteiger partial charge in [-0.1, -0.05) is 30.4 Å². The molecule has 0 radical (unpaired) electrons. The van der Waals surface area contributed by atoms with E-state index >= 15 is 0 Å². The van der Waals surface area contributed by atoms with Crippen molar-refractivity contribution in [2.24, 2.45) is 10.2 Å². The number of hydrogen-bond acceptors (Lipinski definition) is 5. The predicted molar refractivity (Wildman–Crippen MR) is 123 cm³/mol. The predicted octanol–water partition coefficient (Wildman–Crippen LogP) is 6.80. The second-order valence-electron chi connectivity index (χ2n) is 6.66. The molecule has 6 nitrogen and oxygen atoms in total. The fraction of sp³-hybridized carbons (Fsp3) is 0.0833. The van der Waals surface area contributed by atoms with Crippen molar-refractivity contribution in [3.63, 3.8) is 0 Å². The zero-order chi connectivity index (χ0) is 21.3. The summed E-state index contributed by atoms with van der Waals surface area (Å²) in [5.41, 5.74) is 4.62. The van der Waals surface area contributed by atoms with Gasteiger partial charge >= 0.3 is 0 Å². The number of anilines is 1. The average molecular weight is 398 g/mol. The summed E-state index contributed by atoms with van der Waals surface area (Å²) in [7, 11) is 2.01. The lowest BCUT2D eigenvalue weighted by molar-refractivity contribution is -0.384. The molecule has 0 saturated carbocycles. The highest BCUT2D eigenvalue weighted by Gasteiger charge is 2.02. The molecule has 0 spiro atoms. The van der Waals surface area contributed by atoms with Crippen LogP contribution in [0.5, 0.6) is 0 Å². The lowest BCUT2D eigenvalue weighted by Gasteiger charge is -2.16. The van der Waals surface area contributed by atoms with Gasteiger partial charge in [-0.05, 0) is 59.7 Å². The van der Waals surface area contributed by atoms with E-state index < -0.39 is 4.92 Å². The first kappa shape index (κ1) is 20.7. The number of likely N-dealkylation sites (N-methyl/N-ethyl adjacent to an activating group) is 1. The number of nitrogens with zero attached hydrogens (tertiary/aromatic N) is 4. The average Bonchev–Trinajstić information content (AvgIpc) is 2.78. The summed E-state index contributed by atoms with van der Waals surface area (Å²) in [5, 5.41) is 19.3. The maximum Gasteiger partial charge on any atom is 0.269 e. The Labute approximate surface area is 175 Å². The largest absolute Gasteiger partial charge is 0.371 e. The lowest BCUT2D eigenvalue weighted by atomic mass is 10.1. The molecule has 30 heavy (non-hydrogen) atoms. The van der Waals surface area contributed by atoms with Gasteiger partial charge in [0.2, 0.25) is 0 Å². The molecular weight excluding hydrogens is 376 g/mol. The van der Waals surface area contributed by atoms with Gasteiger partial charge in [-0.3, -0.25) is 10.1 Å². The number of azo groups is 1. The van der Waals surface area contributed by atoms with Crippen molar-refractivity contribution in [3.8, 4) is 0 Å². The van der Waals surface area contributed by atoms with Crippen LogP contribution in [0.1, 0.15) is 11.1 Å². The van der Waals surface area contributed by atoms with Crippen molar-refractivity contribution < 1.29 is 4.92 Å². The maximum absolute atomic E-state index is 10.7. The Bertz CT molecular complexity index is 1050. The van der Waals surface area contributed by atoms with E-state index in [1.807, 2.05) is 73.8 Å². The third-order valence-corrected chi connectivity index (χ3v) is 4.44. The number of benzene rings is 3. The molecule has 3 aromatic carbocycles. The summed E-state index contributed by atoms with van der Waals surface area (Å²) in [4.78, 5) is 12.4. The van der Waals surface area contributed by atoms with E-state index in [1.54, 1.807) is 12.1 Å². The number of nitro groups is 1. The third-order valence-electron chi connectivity index (χ3n) is 4.44. The summed E-state index contributed by atoms with van der Waals surface area (Å²) in [6, 6.07) is 22.0. The topological polar surface area (TPSA) is 71.1 Å². The van der Waals surface area contributed by atoms with Gasteiger partial charge in [-0.15, -0.1) is 6.58 Å². The summed E-state index contributed by atoms with van der Waals surface area (Å²) in [5.74, 6) is 0. The molecule has 0 saturated heterocycles. The Hall–Kier alpha value is -4.06. The van der Waals surface area contributed by atoms with Crippen molar-refractivity contribution in [2.75, 3.05) is 18.5 Å². The Morgan fingerprint density at radius 1 is 0.867 bits per heavy atom. The van der Waals surface area contributed by atoms with E-state index in [0.717, 1.165) is 34.7 Å². The van der Waals surface area contributed by atoms with Crippen LogP contribution in [0, 0.1) is 10.1 Å². The van der Waals surface area contributed by atoms with Crippen molar-refractivity contribution in [3.05, 3.63) is 107 Å². The van der Waals surface area contributed by atoms with Gasteiger partial charge in [0.05, 0.1) is 16.3 Å². The van der Waals surface area contributed by atoms with Gasteiger partial charge < -0.3 is 4.90 Å². The molecule has 0 heterocycles. The summed E-state index contributed by atoms with van der Waals surface area (Å²) in [6.07, 6.45) is 5.71. The Morgan fingerprint density at radius 3 is 1.80 bits per heavy atom. The smallest absolute Gasteiger partial charge is 0.269 e. The molecule has 0 bridgehead atoms. The van der Waals surface area contributed by atoms with Gasteiger partial charge in [0, 0.05) is 31.4 Å². The van der Waals surface area contributed by atoms with Gasteiger partial charge in [0.15, 0.2) is 0 Å². The summed E-state index contributed by atoms with van der Waals surface area (Å²) >= 11 is 0. The molecular formula is C24H22N4O2. The minimum atomic E-state index is -0.406. The van der Waals surface area contributed by atoms with Gasteiger partial charge in [-0.25, -0.2) is 0 Å². The van der Waals surface area contributed by atoms with Crippen molar-refractivity contribution in [2.45, 2.75) is 0 Å². The lowest BCUT2D eigenvalue weighted by Crippen LogP contribution is -2.15. The number of nitro benzene ring substituents is 1. The summed E-state index contributed by atoms with van der Waals surface area (Å²) in [6.45, 7) is 4.53. The minimum absolute atomic E-state index is 0.0836. The first-order valence-corrected chi connectivity index (χ1v) is 9.41. The highest BCUT2D eigenvalue weighted by atomic mass is 16.6. The van der Waals surface area contributed by atoms with E-state index in [4.69, 9.17) is 0 Å². The molecule has 0 atom stereocenters. The highest BCUT2D eigenvalue weighted by molar-refractivity contribution is 5.70. The quantitative estimate of drug-likeness (QED) is 0.138. The first-order valence-electron chi connectivity index (χ1n) is 9.41. The highest BCUT2D eigenvalue weighted by Crippen LogP contribution is 2.22. The number of hydrogen-bond donors (Lipinski definition) is 0. The van der Waals surface area contributed by atoms with Crippen LogP contribution in [0.15, 0.2) is 95.7 Å². The van der Waals surface area contributed by atoms with E-state index in [1.165, 1.54) is 12.1 Å². The molecule has 0 fully saturated rings. The van der Waals surface area contributed by atoms with Crippen LogP contribution < -0.4 is 4.90 Å². The maximum atomic E-state index is 10.7. The molecule has 0 amide bonds. The number of rotatable bonds is 8. The first-order chi connectivity index (χ1) is 14.5. The molecule has 0 aliphatic rings. The molecule has 0 aliphatic heterocycles. The van der Waals surface area contributed by atoms with Gasteiger partial charge in [0.1, 0.15) is 0 Å². The minimum Gasteiger partial charge on any atom is -0.371 e. The molecule has 0 aromatic heterocycles. The van der Waals surface area contributed by atoms with Crippen LogP contribution in [0.3, 0.4) is 0 Å². The molecule has 0 N–H and O–H groups in total. The fourth-order valence-electron chi connectivity index (χ4n) is 2.74. The molecule has 0 aliphatic carbocycles. The zero-order valence-electron chi connectivity index (χ0n) is 16.7. The van der Waals surface area contributed by atoms with Crippen LogP contribution in [-0.2, 0) is 0 Å². The van der Waals surface area contributed by atoms with E-state index in [-0.39, 0.29) is 5.69 Å². The fourth-order valence-corrected chi connectivity index (χ4v) is 2.74. The third kappa shape index (κ3) is 5.72. The van der Waals surface area contributed by atoms with Gasteiger partial charge in [-0.2, -0.15) is 10.2 Å². The van der Waals surface area contributed by atoms with Crippen LogP contribution in [0.2, 0.25) is 0 Å². The Balaban J connectivity index is 1.61. The second-order valence-corrected chi connectivity index (χ2v) is 6.66. The van der Waals surface area contributed by atoms with Crippen molar-refractivity contribution >= 4 is 34.9 Å². The van der Waals surface area contributed by atoms with Gasteiger partial charge in [0.25, 0.3) is 5.69 Å². The SMILES string of the molecule is C=CCN(C)c1ccc(N=Nc2ccc(C=Cc3ccc([N+](=O)[O-])cc3)cc2)cc1. The number of non-ortho nitro benzene ring substituents is 1. The van der Waals surface area contributed by atoms with E-state index in [0.29, 0.717) is 0 Å². The van der Waals surface area contributed by atoms with Crippen LogP contribution in [0.4, 0.5) is 22.7 Å². The monoisotopic (exact) mass is 398 g/mol. The van der Waals surface area contributed by atoms with Crippen LogP contribution in [0.25, 0.3) is 12.2 Å². The molecule has 150 valence electrons. The van der Waals surface area contributed by atoms with E-state index in [2.05, 4.69) is 21.7 Å². The van der Waals surface area contributed by atoms with Crippen molar-refractivity contribution in [1.29, 1.82) is 0 Å². The van der Waals surface area contributed by atoms with Crippen LogP contribution >= 0.6 is 0 Å². The van der Waals surface area contributed by atoms with E-state index in [9.17, 15) is 10.1 Å². The normalized spacial score (nSPS) is 11.1. The summed E-state index contributed by atoms with van der Waals surface area (Å²) < 4.78 is 0. The van der Waals surface area contributed by atoms with Crippen molar-refractivity contribution in [1.82, 2.24) is 0 Å². The molecule has 3 rings (SSSR count). The Kier molecular flexibility index (Phi) is 6.84. The molecule has 3 aromatic rings. The molecule has 6 heteroatoms. The van der Waals surface area contributed by atoms with Crippen LogP contribution in [-0.4, -0.2) is 18.5 Å². The molecule has 0 unspecified atom stereocenters. The standard InChI is InChI=1S/C24H22N4O2/c1-3-18-27(2)23-16-12-22(13-17-23)26-25-21-10-6-19(7-11-21)4-5-20-8-14-24(15-9-20)28(29)30/h3-17H,1,18H2,2H3. The zero-order valence-corrected chi connectivity index (χ0v) is 16.7. The Morgan fingerprint density at radius 2 is 1.33 bits per heavy atom. The second kappa shape index (κ2) is 9.93.